The number of ether oxygens (including phenoxy) is 5. The van der Waals surface area contributed by atoms with Crippen LogP contribution < -0.4 is 23.7 Å². The van der Waals surface area contributed by atoms with Crippen molar-refractivity contribution >= 4 is 0 Å². The number of fused-ring (bicyclic) bond motifs is 1. The summed E-state index contributed by atoms with van der Waals surface area (Å²) in [5.74, 6) is 3.75. The van der Waals surface area contributed by atoms with Crippen molar-refractivity contribution in [2.24, 2.45) is 0 Å². The van der Waals surface area contributed by atoms with E-state index in [1.807, 2.05) is 60.7 Å². The van der Waals surface area contributed by atoms with Gasteiger partial charge in [0.15, 0.2) is 11.5 Å². The average molecular weight is 452 g/mol. The summed E-state index contributed by atoms with van der Waals surface area (Å²) in [7, 11) is 3.28. The summed E-state index contributed by atoms with van der Waals surface area (Å²) < 4.78 is 27.2. The first kappa shape index (κ1) is 22.8. The molecule has 1 atom stereocenters. The molecule has 0 aromatic heterocycles. The third-order valence-electron chi connectivity index (χ3n) is 5.35. The molecule has 1 aliphatic heterocycles. The second kappa shape index (κ2) is 10.9. The number of aliphatic hydroxyl groups excluding tert-OH is 1. The molecule has 0 bridgehead atoms. The van der Waals surface area contributed by atoms with Gasteiger partial charge in [0.1, 0.15) is 30.0 Å². The van der Waals surface area contributed by atoms with Crippen molar-refractivity contribution in [1.82, 2.24) is 4.90 Å². The number of nitrogens with zero attached hydrogens (tertiary/aromatic N) is 1. The molecule has 0 saturated carbocycles. The van der Waals surface area contributed by atoms with Gasteiger partial charge in [0, 0.05) is 19.6 Å². The van der Waals surface area contributed by atoms with Gasteiger partial charge in [-0.2, -0.15) is 0 Å². The molecular weight excluding hydrogens is 422 g/mol. The zero-order valence-electron chi connectivity index (χ0n) is 18.9. The van der Waals surface area contributed by atoms with Crippen LogP contribution in [0.3, 0.4) is 0 Å². The van der Waals surface area contributed by atoms with E-state index in [0.29, 0.717) is 25.4 Å². The van der Waals surface area contributed by atoms with E-state index in [-0.39, 0.29) is 13.4 Å². The third kappa shape index (κ3) is 6.31. The molecule has 0 saturated heterocycles. The van der Waals surface area contributed by atoms with Crippen LogP contribution in [0.4, 0.5) is 0 Å². The maximum atomic E-state index is 10.7. The molecule has 1 heterocycles. The van der Waals surface area contributed by atoms with Crippen molar-refractivity contribution in [2.75, 3.05) is 34.2 Å². The van der Waals surface area contributed by atoms with Crippen molar-refractivity contribution < 1.29 is 28.8 Å². The number of aliphatic hydroxyl groups is 1. The van der Waals surface area contributed by atoms with Gasteiger partial charge < -0.3 is 28.8 Å². The Kier molecular flexibility index (Phi) is 7.55. The van der Waals surface area contributed by atoms with E-state index in [1.54, 1.807) is 14.2 Å². The monoisotopic (exact) mass is 451 g/mol. The van der Waals surface area contributed by atoms with E-state index < -0.39 is 6.10 Å². The Hall–Kier alpha value is -3.42. The number of methoxy groups -OCH3 is 2. The molecular formula is C26H29NO6. The quantitative estimate of drug-likeness (QED) is 0.475. The van der Waals surface area contributed by atoms with Crippen LogP contribution in [0.1, 0.15) is 11.1 Å². The predicted octanol–water partition coefficient (Wildman–Crippen LogP) is 3.87. The first-order valence-electron chi connectivity index (χ1n) is 10.8. The molecule has 7 nitrogen and oxygen atoms in total. The van der Waals surface area contributed by atoms with E-state index in [2.05, 4.69) is 11.0 Å². The van der Waals surface area contributed by atoms with Gasteiger partial charge >= 0.3 is 0 Å². The first-order chi connectivity index (χ1) is 16.1. The highest BCUT2D eigenvalue weighted by molar-refractivity contribution is 5.44. The molecule has 1 aliphatic rings. The van der Waals surface area contributed by atoms with Crippen LogP contribution in [-0.2, 0) is 13.1 Å². The van der Waals surface area contributed by atoms with Crippen molar-refractivity contribution in [1.29, 1.82) is 0 Å². The minimum atomic E-state index is -0.674. The van der Waals surface area contributed by atoms with Gasteiger partial charge in [-0.3, -0.25) is 4.90 Å². The fourth-order valence-electron chi connectivity index (χ4n) is 3.73. The van der Waals surface area contributed by atoms with E-state index in [9.17, 15) is 5.11 Å². The average Bonchev–Trinajstić information content (AvgIpc) is 3.31. The minimum Gasteiger partial charge on any atom is -0.497 e. The Balaban J connectivity index is 1.42. The highest BCUT2D eigenvalue weighted by Crippen LogP contribution is 2.33. The Bertz CT molecular complexity index is 1040. The number of hydrogen-bond donors (Lipinski definition) is 1. The lowest BCUT2D eigenvalue weighted by molar-refractivity contribution is 0.0628. The Morgan fingerprint density at radius 3 is 2.27 bits per heavy atom. The van der Waals surface area contributed by atoms with E-state index >= 15 is 0 Å². The summed E-state index contributed by atoms with van der Waals surface area (Å²) in [5.41, 5.74) is 2.17. The van der Waals surface area contributed by atoms with Crippen molar-refractivity contribution in [3.8, 4) is 28.7 Å². The standard InChI is InChI=1S/C26H29NO6/c1-29-22-7-9-23(10-8-22)31-17-21(28)16-27(14-19-4-3-5-24(12-19)30-2)15-20-6-11-25-26(13-20)33-18-32-25/h3-13,21,28H,14-18H2,1-2H3/t21-/m1/s1. The van der Waals surface area contributed by atoms with Gasteiger partial charge in [-0.25, -0.2) is 0 Å². The maximum Gasteiger partial charge on any atom is 0.231 e. The van der Waals surface area contributed by atoms with Crippen molar-refractivity contribution in [2.45, 2.75) is 19.2 Å². The molecule has 0 radical (unpaired) electrons. The molecule has 3 aromatic carbocycles. The number of rotatable bonds is 11. The molecule has 0 aliphatic carbocycles. The first-order valence-corrected chi connectivity index (χ1v) is 10.8. The lowest BCUT2D eigenvalue weighted by Gasteiger charge is -2.25. The summed E-state index contributed by atoms with van der Waals surface area (Å²) >= 11 is 0. The summed E-state index contributed by atoms with van der Waals surface area (Å²) in [6, 6.07) is 21.2. The second-order valence-electron chi connectivity index (χ2n) is 7.85. The van der Waals surface area contributed by atoms with Gasteiger partial charge in [0.05, 0.1) is 14.2 Å². The van der Waals surface area contributed by atoms with Gasteiger partial charge in [-0.15, -0.1) is 0 Å². The zero-order valence-corrected chi connectivity index (χ0v) is 18.9. The van der Waals surface area contributed by atoms with E-state index in [1.165, 1.54) is 0 Å². The molecule has 4 rings (SSSR count). The normalized spacial score (nSPS) is 13.1. The molecule has 1 N–H and O–H groups in total. The smallest absolute Gasteiger partial charge is 0.231 e. The van der Waals surface area contributed by atoms with Crippen molar-refractivity contribution in [3.63, 3.8) is 0 Å². The largest absolute Gasteiger partial charge is 0.497 e. The highest BCUT2D eigenvalue weighted by Gasteiger charge is 2.17. The van der Waals surface area contributed by atoms with Crippen LogP contribution in [-0.4, -0.2) is 50.3 Å². The summed E-state index contributed by atoms with van der Waals surface area (Å²) in [4.78, 5) is 2.17. The summed E-state index contributed by atoms with van der Waals surface area (Å²) in [5, 5.41) is 10.7. The molecule has 0 spiro atoms. The highest BCUT2D eigenvalue weighted by atomic mass is 16.7. The molecule has 0 amide bonds. The molecule has 0 fully saturated rings. The lowest BCUT2D eigenvalue weighted by atomic mass is 10.1. The minimum absolute atomic E-state index is 0.183. The summed E-state index contributed by atoms with van der Waals surface area (Å²) in [6.45, 7) is 2.14. The molecule has 33 heavy (non-hydrogen) atoms. The molecule has 174 valence electrons. The number of hydrogen-bond acceptors (Lipinski definition) is 7. The van der Waals surface area contributed by atoms with Gasteiger partial charge in [-0.05, 0) is 59.7 Å². The second-order valence-corrected chi connectivity index (χ2v) is 7.85. The summed E-state index contributed by atoms with van der Waals surface area (Å²) in [6.07, 6.45) is -0.674. The predicted molar refractivity (Wildman–Crippen MR) is 124 cm³/mol. The van der Waals surface area contributed by atoms with Crippen LogP contribution in [0, 0.1) is 0 Å². The van der Waals surface area contributed by atoms with Crippen LogP contribution in [0.25, 0.3) is 0 Å². The Labute approximate surface area is 194 Å². The Morgan fingerprint density at radius 2 is 1.52 bits per heavy atom. The fourth-order valence-corrected chi connectivity index (χ4v) is 3.73. The van der Waals surface area contributed by atoms with Gasteiger partial charge in [-0.1, -0.05) is 18.2 Å². The topological polar surface area (TPSA) is 69.6 Å². The van der Waals surface area contributed by atoms with Crippen LogP contribution in [0.15, 0.2) is 66.7 Å². The molecule has 3 aromatic rings. The lowest BCUT2D eigenvalue weighted by Crippen LogP contribution is -2.35. The molecule has 7 heteroatoms. The molecule has 0 unspecified atom stereocenters. The Morgan fingerprint density at radius 1 is 0.818 bits per heavy atom. The number of benzene rings is 3. The zero-order chi connectivity index (χ0) is 23.0. The fraction of sp³-hybridized carbons (Fsp3) is 0.308. The van der Waals surface area contributed by atoms with Crippen LogP contribution in [0.2, 0.25) is 0 Å². The van der Waals surface area contributed by atoms with Gasteiger partial charge in [0.2, 0.25) is 6.79 Å². The van der Waals surface area contributed by atoms with Crippen molar-refractivity contribution in [3.05, 3.63) is 77.9 Å². The maximum absolute atomic E-state index is 10.7. The van der Waals surface area contributed by atoms with Gasteiger partial charge in [0.25, 0.3) is 0 Å². The van der Waals surface area contributed by atoms with Crippen LogP contribution >= 0.6 is 0 Å². The van der Waals surface area contributed by atoms with E-state index in [0.717, 1.165) is 34.1 Å². The van der Waals surface area contributed by atoms with Crippen LogP contribution in [0.5, 0.6) is 28.7 Å². The SMILES string of the molecule is COc1ccc(OC[C@H](O)CN(Cc2cccc(OC)c2)Cc2ccc3c(c2)OCO3)cc1. The van der Waals surface area contributed by atoms with E-state index in [4.69, 9.17) is 23.7 Å². The third-order valence-corrected chi connectivity index (χ3v) is 5.35.